The fourth-order valence-electron chi connectivity index (χ4n) is 5.32. The summed E-state index contributed by atoms with van der Waals surface area (Å²) in [6.45, 7) is 1.10. The molecule has 5 rings (SSSR count). The van der Waals surface area contributed by atoms with Gasteiger partial charge in [-0.3, -0.25) is 9.59 Å². The summed E-state index contributed by atoms with van der Waals surface area (Å²) in [5.74, 6) is -1.66. The van der Waals surface area contributed by atoms with Gasteiger partial charge in [-0.2, -0.15) is 4.31 Å². The van der Waals surface area contributed by atoms with Crippen molar-refractivity contribution in [2.45, 2.75) is 30.5 Å². The Labute approximate surface area is 234 Å². The molecule has 1 N–H and O–H groups in total. The highest BCUT2D eigenvalue weighted by Crippen LogP contribution is 2.41. The molecule has 0 bridgehead atoms. The Kier molecular flexibility index (Phi) is 7.95. The van der Waals surface area contributed by atoms with Crippen LogP contribution in [0, 0.1) is 5.92 Å². The maximum absolute atomic E-state index is 13.3. The van der Waals surface area contributed by atoms with Crippen LogP contribution >= 0.6 is 0 Å². The van der Waals surface area contributed by atoms with Gasteiger partial charge in [-0.05, 0) is 61.7 Å². The van der Waals surface area contributed by atoms with Crippen molar-refractivity contribution in [3.63, 3.8) is 0 Å². The van der Waals surface area contributed by atoms with Crippen LogP contribution in [0.15, 0.2) is 59.5 Å². The predicted molar refractivity (Wildman–Crippen MR) is 145 cm³/mol. The molecule has 2 amide bonds. The first-order valence-electron chi connectivity index (χ1n) is 13.0. The first kappa shape index (κ1) is 28.8. The number of hydrogen-bond donors (Lipinski definition) is 1. The molecule has 0 saturated carbocycles. The van der Waals surface area contributed by atoms with Crippen molar-refractivity contribution in [2.24, 2.45) is 5.92 Å². The van der Waals surface area contributed by atoms with Gasteiger partial charge in [0.15, 0.2) is 0 Å². The highest BCUT2D eigenvalue weighted by atomic mass is 32.2. The molecule has 1 fully saturated rings. The third-order valence-corrected chi connectivity index (χ3v) is 9.10. The van der Waals surface area contributed by atoms with Crippen molar-refractivity contribution in [3.05, 3.63) is 60.2 Å². The summed E-state index contributed by atoms with van der Waals surface area (Å²) in [5, 5.41) is 4.38. The van der Waals surface area contributed by atoms with E-state index >= 15 is 0 Å². The molecule has 13 heteroatoms. The fourth-order valence-corrected chi connectivity index (χ4v) is 6.84. The molecular formula is C28H28F3N3O6S. The summed E-state index contributed by atoms with van der Waals surface area (Å²) in [7, 11) is -2.45. The minimum absolute atomic E-state index is 0.0814. The van der Waals surface area contributed by atoms with Crippen molar-refractivity contribution in [2.75, 3.05) is 43.6 Å². The second-order valence-corrected chi connectivity index (χ2v) is 11.8. The van der Waals surface area contributed by atoms with Crippen molar-refractivity contribution >= 4 is 44.0 Å². The maximum Gasteiger partial charge on any atom is 0.573 e. The molecule has 41 heavy (non-hydrogen) atoms. The highest BCUT2D eigenvalue weighted by Gasteiger charge is 2.35. The average molecular weight is 592 g/mol. The topological polar surface area (TPSA) is 105 Å². The van der Waals surface area contributed by atoms with E-state index < -0.39 is 28.1 Å². The maximum atomic E-state index is 13.3. The zero-order valence-corrected chi connectivity index (χ0v) is 22.9. The first-order chi connectivity index (χ1) is 19.5. The van der Waals surface area contributed by atoms with E-state index in [4.69, 9.17) is 4.74 Å². The predicted octanol–water partition coefficient (Wildman–Crippen LogP) is 4.77. The number of halogens is 3. The first-order valence-corrected chi connectivity index (χ1v) is 14.5. The molecule has 1 unspecified atom stereocenters. The van der Waals surface area contributed by atoms with E-state index in [0.29, 0.717) is 49.1 Å². The number of benzene rings is 3. The summed E-state index contributed by atoms with van der Waals surface area (Å²) in [5.41, 5.74) is 1.83. The smallest absolute Gasteiger partial charge is 0.406 e. The lowest BCUT2D eigenvalue weighted by atomic mass is 9.98. The molecule has 9 nitrogen and oxygen atoms in total. The third kappa shape index (κ3) is 5.88. The number of methoxy groups -OCH3 is 1. The molecular weight excluding hydrogens is 563 g/mol. The second-order valence-electron chi connectivity index (χ2n) is 9.87. The number of alkyl halides is 3. The Morgan fingerprint density at radius 2 is 1.85 bits per heavy atom. The van der Waals surface area contributed by atoms with Crippen LogP contribution in [0.3, 0.4) is 0 Å². The number of sulfonamides is 1. The van der Waals surface area contributed by atoms with Crippen molar-refractivity contribution in [1.82, 2.24) is 4.31 Å². The molecule has 2 aliphatic heterocycles. The number of carbonyl (C=O) groups excluding carboxylic acids is 2. The van der Waals surface area contributed by atoms with Gasteiger partial charge in [0, 0.05) is 55.4 Å². The van der Waals surface area contributed by atoms with E-state index in [-0.39, 0.29) is 29.8 Å². The number of ether oxygens (including phenoxy) is 2. The van der Waals surface area contributed by atoms with Crippen LogP contribution in [0.25, 0.3) is 10.8 Å². The molecule has 0 aliphatic carbocycles. The van der Waals surface area contributed by atoms with Crippen LogP contribution in [0.4, 0.5) is 24.5 Å². The van der Waals surface area contributed by atoms with Gasteiger partial charge in [0.05, 0.1) is 16.5 Å². The van der Waals surface area contributed by atoms with E-state index in [1.165, 1.54) is 4.31 Å². The number of nitrogens with zero attached hydrogens (tertiary/aromatic N) is 2. The zero-order valence-electron chi connectivity index (χ0n) is 22.1. The SMILES string of the molecule is COCCCN1C(=O)c2cccc3c(NC(=O)C4CCCN(S(=O)(=O)c5ccc(OC(F)(F)F)cc5)C4)ccc1c23. The normalized spacial score (nSPS) is 17.7. The molecule has 218 valence electrons. The molecule has 3 aromatic rings. The molecule has 0 radical (unpaired) electrons. The summed E-state index contributed by atoms with van der Waals surface area (Å²) in [6, 6.07) is 12.8. The summed E-state index contributed by atoms with van der Waals surface area (Å²) in [6.07, 6.45) is -3.33. The molecule has 1 atom stereocenters. The summed E-state index contributed by atoms with van der Waals surface area (Å²) in [4.78, 5) is 27.9. The van der Waals surface area contributed by atoms with Crippen molar-refractivity contribution in [1.29, 1.82) is 0 Å². The minimum atomic E-state index is -4.89. The number of rotatable bonds is 9. The lowest BCUT2D eigenvalue weighted by Crippen LogP contribution is -2.43. The highest BCUT2D eigenvalue weighted by molar-refractivity contribution is 7.89. The quantitative estimate of drug-likeness (QED) is 0.360. The lowest BCUT2D eigenvalue weighted by molar-refractivity contribution is -0.274. The number of piperidine rings is 1. The molecule has 0 spiro atoms. The van der Waals surface area contributed by atoms with Gasteiger partial charge in [0.2, 0.25) is 15.9 Å². The standard InChI is InChI=1S/C28H28F3N3O6S/c1-39-16-4-15-34-24-13-12-23(21-6-2-7-22(25(21)24)27(34)36)32-26(35)18-5-3-14-33(17-18)41(37,38)20-10-8-19(9-11-20)40-28(29,30)31/h2,6-13,18H,3-5,14-17H2,1H3,(H,32,35). The van der Waals surface area contributed by atoms with Crippen LogP contribution in [-0.4, -0.2) is 64.3 Å². The Bertz CT molecular complexity index is 1580. The van der Waals surface area contributed by atoms with Crippen LogP contribution in [0.2, 0.25) is 0 Å². The van der Waals surface area contributed by atoms with Gasteiger partial charge < -0.3 is 19.7 Å². The molecule has 2 heterocycles. The van der Waals surface area contributed by atoms with Gasteiger partial charge in [0.25, 0.3) is 5.91 Å². The Morgan fingerprint density at radius 1 is 1.10 bits per heavy atom. The van der Waals surface area contributed by atoms with Gasteiger partial charge in [0.1, 0.15) is 5.75 Å². The number of carbonyl (C=O) groups is 2. The van der Waals surface area contributed by atoms with Gasteiger partial charge in [-0.25, -0.2) is 8.42 Å². The Morgan fingerprint density at radius 3 is 2.56 bits per heavy atom. The number of amides is 2. The third-order valence-electron chi connectivity index (χ3n) is 7.22. The number of nitrogens with one attached hydrogen (secondary N) is 1. The second kappa shape index (κ2) is 11.3. The van der Waals surface area contributed by atoms with Gasteiger partial charge in [-0.15, -0.1) is 13.2 Å². The lowest BCUT2D eigenvalue weighted by Gasteiger charge is -2.31. The zero-order chi connectivity index (χ0) is 29.4. The summed E-state index contributed by atoms with van der Waals surface area (Å²) >= 11 is 0. The number of hydrogen-bond acceptors (Lipinski definition) is 6. The van der Waals surface area contributed by atoms with E-state index in [9.17, 15) is 31.2 Å². The average Bonchev–Trinajstić information content (AvgIpc) is 3.21. The van der Waals surface area contributed by atoms with E-state index in [1.807, 2.05) is 6.07 Å². The van der Waals surface area contributed by atoms with E-state index in [0.717, 1.165) is 35.3 Å². The van der Waals surface area contributed by atoms with Crippen LogP contribution in [-0.2, 0) is 19.6 Å². The van der Waals surface area contributed by atoms with Gasteiger partial charge in [-0.1, -0.05) is 12.1 Å². The van der Waals surface area contributed by atoms with Crippen molar-refractivity contribution in [3.8, 4) is 5.75 Å². The summed E-state index contributed by atoms with van der Waals surface area (Å²) < 4.78 is 73.9. The number of anilines is 2. The van der Waals surface area contributed by atoms with Crippen LogP contribution in [0.5, 0.6) is 5.75 Å². The van der Waals surface area contributed by atoms with E-state index in [2.05, 4.69) is 10.1 Å². The van der Waals surface area contributed by atoms with Gasteiger partial charge >= 0.3 is 6.36 Å². The van der Waals surface area contributed by atoms with Crippen LogP contribution < -0.4 is 15.0 Å². The minimum Gasteiger partial charge on any atom is -0.406 e. The molecule has 2 aliphatic rings. The fraction of sp³-hybridized carbons (Fsp3) is 0.357. The largest absolute Gasteiger partial charge is 0.573 e. The Balaban J connectivity index is 1.32. The van der Waals surface area contributed by atoms with Crippen molar-refractivity contribution < 1.29 is 40.7 Å². The molecule has 1 saturated heterocycles. The Hall–Kier alpha value is -3.68. The van der Waals surface area contributed by atoms with E-state index in [1.54, 1.807) is 36.3 Å². The molecule has 3 aromatic carbocycles. The van der Waals surface area contributed by atoms with Crippen LogP contribution in [0.1, 0.15) is 29.6 Å². The molecule has 0 aromatic heterocycles. The monoisotopic (exact) mass is 591 g/mol.